The minimum absolute atomic E-state index is 0.0728. The summed E-state index contributed by atoms with van der Waals surface area (Å²) in [5.41, 5.74) is -1.39. The zero-order valence-electron chi connectivity index (χ0n) is 8.71. The zero-order chi connectivity index (χ0) is 13.0. The van der Waals surface area contributed by atoms with E-state index in [9.17, 15) is 13.6 Å². The Bertz CT molecular complexity index is 486. The number of carbonyl (C=O) groups is 1. The number of hydrogen-bond acceptors (Lipinski definition) is 4. The molecule has 0 aliphatic heterocycles. The van der Waals surface area contributed by atoms with E-state index in [1.165, 1.54) is 0 Å². The maximum absolute atomic E-state index is 12.5. The first-order valence-corrected chi connectivity index (χ1v) is 4.94. The first-order valence-electron chi connectivity index (χ1n) is 4.57. The third-order valence-electron chi connectivity index (χ3n) is 1.80. The van der Waals surface area contributed by atoms with Gasteiger partial charge in [-0.15, -0.1) is 0 Å². The Morgan fingerprint density at radius 1 is 1.71 bits per heavy atom. The minimum atomic E-state index is -2.90. The molecule has 0 amide bonds. The van der Waals surface area contributed by atoms with E-state index in [2.05, 4.69) is 9.72 Å². The van der Waals surface area contributed by atoms with E-state index < -0.39 is 23.8 Å². The van der Waals surface area contributed by atoms with E-state index in [4.69, 9.17) is 16.9 Å². The Labute approximate surface area is 101 Å². The summed E-state index contributed by atoms with van der Waals surface area (Å²) in [5, 5.41) is 8.38. The Hall–Kier alpha value is -1.74. The smallest absolute Gasteiger partial charge is 0.339 e. The molecular formula is C10H7ClF2N2O2. The third-order valence-corrected chi connectivity index (χ3v) is 2.18. The van der Waals surface area contributed by atoms with Crippen LogP contribution in [0.2, 0.25) is 5.02 Å². The molecule has 7 heteroatoms. The molecule has 90 valence electrons. The van der Waals surface area contributed by atoms with Crippen LogP contribution < -0.4 is 0 Å². The highest BCUT2D eigenvalue weighted by molar-refractivity contribution is 6.34. The second kappa shape index (κ2) is 5.55. The fourth-order valence-corrected chi connectivity index (χ4v) is 1.31. The first kappa shape index (κ1) is 13.3. The van der Waals surface area contributed by atoms with Crippen molar-refractivity contribution in [3.63, 3.8) is 0 Å². The van der Waals surface area contributed by atoms with Gasteiger partial charge in [0.2, 0.25) is 0 Å². The highest BCUT2D eigenvalue weighted by atomic mass is 35.5. The monoisotopic (exact) mass is 260 g/mol. The standard InChI is InChI=1S/C10H7ClF2N2O2/c1-2-17-10(16)5-3-6(9(12)13)15-7(4-14)8(5)11/h3,9H,2H2,1H3. The number of hydrogen-bond donors (Lipinski definition) is 0. The van der Waals surface area contributed by atoms with Crippen LogP contribution in [-0.4, -0.2) is 17.6 Å². The van der Waals surface area contributed by atoms with Gasteiger partial charge in [0.1, 0.15) is 11.8 Å². The Balaban J connectivity index is 3.33. The maximum Gasteiger partial charge on any atom is 0.339 e. The van der Waals surface area contributed by atoms with Gasteiger partial charge >= 0.3 is 5.97 Å². The van der Waals surface area contributed by atoms with Gasteiger partial charge in [0, 0.05) is 0 Å². The molecule has 0 unspecified atom stereocenters. The zero-order valence-corrected chi connectivity index (χ0v) is 9.46. The minimum Gasteiger partial charge on any atom is -0.462 e. The van der Waals surface area contributed by atoms with Crippen molar-refractivity contribution in [3.8, 4) is 6.07 Å². The molecule has 0 spiro atoms. The summed E-state index contributed by atoms with van der Waals surface area (Å²) in [6.45, 7) is 1.63. The van der Waals surface area contributed by atoms with E-state index in [1.54, 1.807) is 13.0 Å². The van der Waals surface area contributed by atoms with Gasteiger partial charge in [0.05, 0.1) is 17.2 Å². The van der Waals surface area contributed by atoms with Crippen LogP contribution >= 0.6 is 11.6 Å². The van der Waals surface area contributed by atoms with Gasteiger partial charge in [-0.3, -0.25) is 0 Å². The van der Waals surface area contributed by atoms with Gasteiger partial charge in [0.15, 0.2) is 5.69 Å². The van der Waals surface area contributed by atoms with Crippen molar-refractivity contribution in [1.82, 2.24) is 4.98 Å². The SMILES string of the molecule is CCOC(=O)c1cc(C(F)F)nc(C#N)c1Cl. The highest BCUT2D eigenvalue weighted by Gasteiger charge is 2.21. The van der Waals surface area contributed by atoms with Crippen molar-refractivity contribution >= 4 is 17.6 Å². The number of carbonyl (C=O) groups excluding carboxylic acids is 1. The number of nitriles is 1. The topological polar surface area (TPSA) is 63.0 Å². The van der Waals surface area contributed by atoms with Gasteiger partial charge in [-0.05, 0) is 13.0 Å². The molecule has 0 radical (unpaired) electrons. The summed E-state index contributed by atoms with van der Waals surface area (Å²) >= 11 is 5.69. The molecule has 0 fully saturated rings. The Morgan fingerprint density at radius 2 is 2.35 bits per heavy atom. The molecule has 0 aliphatic carbocycles. The van der Waals surface area contributed by atoms with E-state index in [0.717, 1.165) is 6.07 Å². The van der Waals surface area contributed by atoms with E-state index in [-0.39, 0.29) is 17.2 Å². The lowest BCUT2D eigenvalue weighted by atomic mass is 10.2. The molecule has 0 aliphatic rings. The second-order valence-corrected chi connectivity index (χ2v) is 3.27. The van der Waals surface area contributed by atoms with Crippen LogP contribution in [0.4, 0.5) is 8.78 Å². The number of alkyl halides is 2. The van der Waals surface area contributed by atoms with Crippen molar-refractivity contribution < 1.29 is 18.3 Å². The van der Waals surface area contributed by atoms with Crippen LogP contribution in [0.1, 0.15) is 35.1 Å². The molecule has 0 atom stereocenters. The number of esters is 1. The van der Waals surface area contributed by atoms with Crippen LogP contribution in [0, 0.1) is 11.3 Å². The quantitative estimate of drug-likeness (QED) is 0.784. The number of ether oxygens (including phenoxy) is 1. The molecule has 1 aromatic rings. The molecular weight excluding hydrogens is 254 g/mol. The molecule has 1 aromatic heterocycles. The van der Waals surface area contributed by atoms with Crippen LogP contribution in [0.5, 0.6) is 0 Å². The second-order valence-electron chi connectivity index (χ2n) is 2.89. The third kappa shape index (κ3) is 2.88. The van der Waals surface area contributed by atoms with Gasteiger partial charge in [-0.25, -0.2) is 18.6 Å². The van der Waals surface area contributed by atoms with E-state index >= 15 is 0 Å². The molecule has 17 heavy (non-hydrogen) atoms. The van der Waals surface area contributed by atoms with Gasteiger partial charge in [0.25, 0.3) is 6.43 Å². The first-order chi connectivity index (χ1) is 8.01. The number of pyridine rings is 1. The summed E-state index contributed by atoms with van der Waals surface area (Å²) in [7, 11) is 0. The molecule has 0 saturated carbocycles. The summed E-state index contributed by atoms with van der Waals surface area (Å²) in [6, 6.07) is 2.37. The molecule has 0 bridgehead atoms. The lowest BCUT2D eigenvalue weighted by molar-refractivity contribution is 0.0526. The van der Waals surface area contributed by atoms with Crippen molar-refractivity contribution in [1.29, 1.82) is 5.26 Å². The molecule has 0 saturated heterocycles. The van der Waals surface area contributed by atoms with Gasteiger partial charge < -0.3 is 4.74 Å². The predicted octanol–water partition coefficient (Wildman–Crippen LogP) is 2.72. The lowest BCUT2D eigenvalue weighted by Crippen LogP contribution is -2.09. The number of rotatable bonds is 3. The highest BCUT2D eigenvalue weighted by Crippen LogP contribution is 2.25. The molecule has 1 heterocycles. The van der Waals surface area contributed by atoms with Crippen molar-refractivity contribution in [2.45, 2.75) is 13.3 Å². The molecule has 4 nitrogen and oxygen atoms in total. The number of halogens is 3. The van der Waals surface area contributed by atoms with E-state index in [1.807, 2.05) is 0 Å². The molecule has 0 N–H and O–H groups in total. The summed E-state index contributed by atoms with van der Waals surface area (Å²) < 4.78 is 29.6. The fourth-order valence-electron chi connectivity index (χ4n) is 1.09. The average Bonchev–Trinajstić information content (AvgIpc) is 2.29. The largest absolute Gasteiger partial charge is 0.462 e. The average molecular weight is 261 g/mol. The van der Waals surface area contributed by atoms with Gasteiger partial charge in [-0.2, -0.15) is 5.26 Å². The van der Waals surface area contributed by atoms with Crippen LogP contribution in [0.3, 0.4) is 0 Å². The molecule has 0 aromatic carbocycles. The summed E-state index contributed by atoms with van der Waals surface area (Å²) in [4.78, 5) is 14.8. The van der Waals surface area contributed by atoms with Crippen LogP contribution in [-0.2, 0) is 4.74 Å². The summed E-state index contributed by atoms with van der Waals surface area (Å²) in [5.74, 6) is -0.863. The normalized spacial score (nSPS) is 10.1. The predicted molar refractivity (Wildman–Crippen MR) is 54.9 cm³/mol. The number of nitrogens with zero attached hydrogens (tertiary/aromatic N) is 2. The van der Waals surface area contributed by atoms with Crippen molar-refractivity contribution in [3.05, 3.63) is 28.0 Å². The maximum atomic E-state index is 12.5. The Morgan fingerprint density at radius 3 is 2.82 bits per heavy atom. The Kier molecular flexibility index (Phi) is 4.35. The lowest BCUT2D eigenvalue weighted by Gasteiger charge is -2.07. The van der Waals surface area contributed by atoms with Crippen molar-refractivity contribution in [2.75, 3.05) is 6.61 Å². The van der Waals surface area contributed by atoms with Crippen LogP contribution in [0.15, 0.2) is 6.07 Å². The number of aromatic nitrogens is 1. The van der Waals surface area contributed by atoms with E-state index in [0.29, 0.717) is 0 Å². The summed E-state index contributed by atoms with van der Waals surface area (Å²) in [6.07, 6.45) is -2.90. The van der Waals surface area contributed by atoms with Crippen molar-refractivity contribution in [2.24, 2.45) is 0 Å². The fraction of sp³-hybridized carbons (Fsp3) is 0.300. The van der Waals surface area contributed by atoms with Crippen LogP contribution in [0.25, 0.3) is 0 Å². The molecule has 1 rings (SSSR count). The van der Waals surface area contributed by atoms with Gasteiger partial charge in [-0.1, -0.05) is 11.6 Å².